The summed E-state index contributed by atoms with van der Waals surface area (Å²) in [6.45, 7) is 8.50. The zero-order chi connectivity index (χ0) is 11.2. The topological polar surface area (TPSA) is 50.1 Å². The summed E-state index contributed by atoms with van der Waals surface area (Å²) >= 11 is 0. The van der Waals surface area contributed by atoms with E-state index in [0.717, 1.165) is 6.42 Å². The van der Waals surface area contributed by atoms with Crippen LogP contribution in [0.3, 0.4) is 0 Å². The maximum absolute atomic E-state index is 11.3. The van der Waals surface area contributed by atoms with Gasteiger partial charge in [0, 0.05) is 0 Å². The van der Waals surface area contributed by atoms with Crippen LogP contribution in [0, 0.1) is 11.3 Å². The van der Waals surface area contributed by atoms with Crippen LogP contribution in [0.1, 0.15) is 13.3 Å². The molecule has 0 aromatic heterocycles. The maximum Gasteiger partial charge on any atom is 0.348 e. The van der Waals surface area contributed by atoms with Crippen LogP contribution < -0.4 is 0 Å². The van der Waals surface area contributed by atoms with Crippen molar-refractivity contribution in [2.45, 2.75) is 33.0 Å². The Morgan fingerprint density at radius 1 is 1.50 bits per heavy atom. The van der Waals surface area contributed by atoms with E-state index >= 15 is 0 Å². The predicted octanol–water partition coefficient (Wildman–Crippen LogP) is 2.27. The molecule has 0 heterocycles. The Balaban J connectivity index is 4.51. The molecule has 78 valence electrons. The van der Waals surface area contributed by atoms with Gasteiger partial charge in [0.15, 0.2) is 0 Å². The number of nitrogens with zero attached hydrogens (tertiary/aromatic N) is 1. The first-order valence-corrected chi connectivity index (χ1v) is 8.28. The van der Waals surface area contributed by atoms with Crippen LogP contribution in [0.2, 0.25) is 19.6 Å². The molecule has 14 heavy (non-hydrogen) atoms. The Hall–Kier alpha value is -1.08. The minimum Gasteiger partial charge on any atom is -0.462 e. The van der Waals surface area contributed by atoms with E-state index in [1.165, 1.54) is 0 Å². The van der Waals surface area contributed by atoms with Crippen LogP contribution in [0.5, 0.6) is 0 Å². The molecule has 0 unspecified atom stereocenters. The van der Waals surface area contributed by atoms with Gasteiger partial charge in [-0.15, -0.1) is 0 Å². The quantitative estimate of drug-likeness (QED) is 0.310. The largest absolute Gasteiger partial charge is 0.462 e. The summed E-state index contributed by atoms with van der Waals surface area (Å²) in [5.74, 6) is -0.489. The first-order valence-electron chi connectivity index (χ1n) is 4.70. The summed E-state index contributed by atoms with van der Waals surface area (Å²) in [5, 5.41) is 8.76. The number of ether oxygens (including phenoxy) is 1. The SMILES string of the molecule is CCCOC(=O)/C(C#N)=C/[Si](C)(C)C. The van der Waals surface area contributed by atoms with Crippen molar-refractivity contribution in [3.8, 4) is 6.07 Å². The molecule has 0 aromatic rings. The zero-order valence-corrected chi connectivity index (χ0v) is 10.3. The summed E-state index contributed by atoms with van der Waals surface area (Å²) in [7, 11) is -1.53. The van der Waals surface area contributed by atoms with E-state index in [4.69, 9.17) is 10.00 Å². The van der Waals surface area contributed by atoms with E-state index in [2.05, 4.69) is 19.6 Å². The molecule has 0 aliphatic carbocycles. The number of hydrogen-bond donors (Lipinski definition) is 0. The van der Waals surface area contributed by atoms with Crippen molar-refractivity contribution in [2.75, 3.05) is 6.61 Å². The van der Waals surface area contributed by atoms with Crippen molar-refractivity contribution in [1.29, 1.82) is 5.26 Å². The summed E-state index contributed by atoms with van der Waals surface area (Å²) in [5.41, 5.74) is 1.92. The highest BCUT2D eigenvalue weighted by Gasteiger charge is 2.16. The van der Waals surface area contributed by atoms with Crippen LogP contribution in [0.25, 0.3) is 0 Å². The molecule has 0 N–H and O–H groups in total. The second kappa shape index (κ2) is 5.61. The minimum atomic E-state index is -1.53. The molecule has 0 spiro atoms. The number of nitriles is 1. The van der Waals surface area contributed by atoms with Gasteiger partial charge >= 0.3 is 5.97 Å². The van der Waals surface area contributed by atoms with Crippen LogP contribution in [-0.4, -0.2) is 20.7 Å². The fraction of sp³-hybridized carbons (Fsp3) is 0.600. The van der Waals surface area contributed by atoms with Crippen molar-refractivity contribution >= 4 is 14.0 Å². The number of carbonyl (C=O) groups excluding carboxylic acids is 1. The highest BCUT2D eigenvalue weighted by atomic mass is 28.3. The molecule has 0 fully saturated rings. The standard InChI is InChI=1S/C10H17NO2Si/c1-5-6-13-10(12)9(7-11)8-14(2,3)4/h8H,5-6H2,1-4H3/b9-8+. The van der Waals surface area contributed by atoms with E-state index in [9.17, 15) is 4.79 Å². The third kappa shape index (κ3) is 5.54. The number of esters is 1. The zero-order valence-electron chi connectivity index (χ0n) is 9.26. The Kier molecular flexibility index (Phi) is 5.17. The fourth-order valence-electron chi connectivity index (χ4n) is 0.842. The molecule has 0 radical (unpaired) electrons. The normalized spacial score (nSPS) is 12.1. The van der Waals surface area contributed by atoms with Gasteiger partial charge in [-0.05, 0) is 6.42 Å². The molecule has 0 aromatic carbocycles. The minimum absolute atomic E-state index is 0.151. The average Bonchev–Trinajstić information content (AvgIpc) is 2.08. The fourth-order valence-corrected chi connectivity index (χ4v) is 1.89. The molecular weight excluding hydrogens is 194 g/mol. The van der Waals surface area contributed by atoms with Crippen molar-refractivity contribution in [3.63, 3.8) is 0 Å². The molecule has 0 saturated carbocycles. The molecule has 3 nitrogen and oxygen atoms in total. The van der Waals surface area contributed by atoms with Crippen molar-refractivity contribution in [2.24, 2.45) is 0 Å². The molecule has 0 rings (SSSR count). The van der Waals surface area contributed by atoms with E-state index in [1.54, 1.807) is 5.70 Å². The number of hydrogen-bond acceptors (Lipinski definition) is 3. The Bertz CT molecular complexity index is 271. The summed E-state index contributed by atoms with van der Waals surface area (Å²) in [6, 6.07) is 1.89. The van der Waals surface area contributed by atoms with Gasteiger partial charge in [-0.25, -0.2) is 4.79 Å². The van der Waals surface area contributed by atoms with Crippen LogP contribution >= 0.6 is 0 Å². The second-order valence-electron chi connectivity index (χ2n) is 4.17. The van der Waals surface area contributed by atoms with Gasteiger partial charge in [-0.3, -0.25) is 0 Å². The number of rotatable bonds is 4. The third-order valence-electron chi connectivity index (χ3n) is 1.35. The second-order valence-corrected chi connectivity index (χ2v) is 9.19. The van der Waals surface area contributed by atoms with Gasteiger partial charge < -0.3 is 4.74 Å². The molecule has 0 saturated heterocycles. The summed E-state index contributed by atoms with van der Waals surface area (Å²) in [4.78, 5) is 11.3. The number of carbonyl (C=O) groups is 1. The molecule has 0 aliphatic rings. The lowest BCUT2D eigenvalue weighted by Crippen LogP contribution is -2.19. The van der Waals surface area contributed by atoms with Gasteiger partial charge in [-0.1, -0.05) is 32.3 Å². The first kappa shape index (κ1) is 12.9. The monoisotopic (exact) mass is 211 g/mol. The van der Waals surface area contributed by atoms with E-state index in [0.29, 0.717) is 6.61 Å². The van der Waals surface area contributed by atoms with Crippen LogP contribution in [0.15, 0.2) is 11.3 Å². The van der Waals surface area contributed by atoms with E-state index in [1.807, 2.05) is 13.0 Å². The van der Waals surface area contributed by atoms with Crippen molar-refractivity contribution < 1.29 is 9.53 Å². The molecule has 4 heteroatoms. The van der Waals surface area contributed by atoms with Crippen LogP contribution in [-0.2, 0) is 9.53 Å². The molecular formula is C10H17NO2Si. The lowest BCUT2D eigenvalue weighted by molar-refractivity contribution is -0.138. The van der Waals surface area contributed by atoms with Gasteiger partial charge in [0.1, 0.15) is 11.6 Å². The van der Waals surface area contributed by atoms with Gasteiger partial charge in [0.25, 0.3) is 0 Å². The summed E-state index contributed by atoms with van der Waals surface area (Å²) < 4.78 is 4.88. The van der Waals surface area contributed by atoms with Gasteiger partial charge in [0.2, 0.25) is 0 Å². The molecule has 0 bridgehead atoms. The Labute approximate surface area is 86.4 Å². The first-order chi connectivity index (χ1) is 6.40. The Morgan fingerprint density at radius 3 is 2.43 bits per heavy atom. The highest BCUT2D eigenvalue weighted by molar-refractivity contribution is 6.81. The predicted molar refractivity (Wildman–Crippen MR) is 58.3 cm³/mol. The smallest absolute Gasteiger partial charge is 0.348 e. The van der Waals surface area contributed by atoms with E-state index < -0.39 is 14.0 Å². The van der Waals surface area contributed by atoms with Crippen LogP contribution in [0.4, 0.5) is 0 Å². The lowest BCUT2D eigenvalue weighted by Gasteiger charge is -2.09. The van der Waals surface area contributed by atoms with Gasteiger partial charge in [-0.2, -0.15) is 5.26 Å². The molecule has 0 aliphatic heterocycles. The van der Waals surface area contributed by atoms with Gasteiger partial charge in [0.05, 0.1) is 14.7 Å². The average molecular weight is 211 g/mol. The Morgan fingerprint density at radius 2 is 2.07 bits per heavy atom. The summed E-state index contributed by atoms with van der Waals surface area (Å²) in [6.07, 6.45) is 0.775. The maximum atomic E-state index is 11.3. The lowest BCUT2D eigenvalue weighted by atomic mass is 10.3. The molecule has 0 amide bonds. The highest BCUT2D eigenvalue weighted by Crippen LogP contribution is 2.08. The van der Waals surface area contributed by atoms with Crippen molar-refractivity contribution in [3.05, 3.63) is 11.3 Å². The van der Waals surface area contributed by atoms with E-state index in [-0.39, 0.29) is 5.57 Å². The molecule has 0 atom stereocenters. The third-order valence-corrected chi connectivity index (χ3v) is 2.51. The van der Waals surface area contributed by atoms with Crippen molar-refractivity contribution in [1.82, 2.24) is 0 Å².